The third-order valence-electron chi connectivity index (χ3n) is 4.58. The van der Waals surface area contributed by atoms with Gasteiger partial charge in [0.2, 0.25) is 5.91 Å². The zero-order valence-electron chi connectivity index (χ0n) is 15.0. The highest BCUT2D eigenvalue weighted by atomic mass is 19.4. The molecule has 0 saturated carbocycles. The van der Waals surface area contributed by atoms with Crippen molar-refractivity contribution < 1.29 is 22.7 Å². The van der Waals surface area contributed by atoms with E-state index in [9.17, 15) is 18.0 Å². The Balaban J connectivity index is 1.35. The van der Waals surface area contributed by atoms with Gasteiger partial charge in [-0.15, -0.1) is 28.0 Å². The van der Waals surface area contributed by atoms with Gasteiger partial charge < -0.3 is 15.0 Å². The molecule has 0 spiro atoms. The van der Waals surface area contributed by atoms with E-state index in [1.165, 1.54) is 22.8 Å². The van der Waals surface area contributed by atoms with Gasteiger partial charge in [-0.25, -0.2) is 0 Å². The number of nitrogens with zero attached hydrogens (tertiary/aromatic N) is 6. The van der Waals surface area contributed by atoms with Crippen LogP contribution in [0.4, 0.5) is 24.7 Å². The number of aromatic nitrogens is 5. The molecule has 0 radical (unpaired) electrons. The fourth-order valence-corrected chi connectivity index (χ4v) is 3.19. The van der Waals surface area contributed by atoms with Gasteiger partial charge in [0.1, 0.15) is 5.75 Å². The SMILES string of the molecule is O=C(Nc1cccc(OC(F)(F)F)c1)C1CCN(c2ccc3nnnn3n2)CC1. The largest absolute Gasteiger partial charge is 0.573 e. The maximum atomic E-state index is 12.5. The molecular formula is C17H16F3N7O2. The summed E-state index contributed by atoms with van der Waals surface area (Å²) in [5, 5.41) is 18.1. The maximum absolute atomic E-state index is 12.5. The number of hydrogen-bond donors (Lipinski definition) is 1. The Morgan fingerprint density at radius 3 is 2.72 bits per heavy atom. The summed E-state index contributed by atoms with van der Waals surface area (Å²) in [5.41, 5.74) is 0.796. The summed E-state index contributed by atoms with van der Waals surface area (Å²) in [6, 6.07) is 8.80. The van der Waals surface area contributed by atoms with E-state index in [1.54, 1.807) is 6.07 Å². The number of alkyl halides is 3. The van der Waals surface area contributed by atoms with Gasteiger partial charge in [0, 0.05) is 30.8 Å². The first-order chi connectivity index (χ1) is 13.9. The molecule has 29 heavy (non-hydrogen) atoms. The summed E-state index contributed by atoms with van der Waals surface area (Å²) < 4.78 is 42.2. The van der Waals surface area contributed by atoms with Crippen LogP contribution in [0.15, 0.2) is 36.4 Å². The lowest BCUT2D eigenvalue weighted by molar-refractivity contribution is -0.274. The molecule has 0 aliphatic carbocycles. The van der Waals surface area contributed by atoms with Gasteiger partial charge in [0.15, 0.2) is 11.5 Å². The first-order valence-electron chi connectivity index (χ1n) is 8.84. The summed E-state index contributed by atoms with van der Waals surface area (Å²) in [5.74, 6) is -0.164. The molecule has 2 aromatic heterocycles. The zero-order chi connectivity index (χ0) is 20.4. The number of amides is 1. The van der Waals surface area contributed by atoms with Crippen LogP contribution in [0.2, 0.25) is 0 Å². The van der Waals surface area contributed by atoms with Crippen LogP contribution < -0.4 is 15.0 Å². The number of fused-ring (bicyclic) bond motifs is 1. The molecule has 0 atom stereocenters. The van der Waals surface area contributed by atoms with Crippen LogP contribution in [0.1, 0.15) is 12.8 Å². The molecule has 4 rings (SSSR count). The molecular weight excluding hydrogens is 391 g/mol. The Bertz CT molecular complexity index is 1020. The van der Waals surface area contributed by atoms with E-state index in [4.69, 9.17) is 0 Å². The first-order valence-corrected chi connectivity index (χ1v) is 8.84. The predicted octanol–water partition coefficient (Wildman–Crippen LogP) is 2.27. The Kier molecular flexibility index (Phi) is 4.91. The van der Waals surface area contributed by atoms with E-state index in [1.807, 2.05) is 11.0 Å². The number of rotatable bonds is 4. The minimum atomic E-state index is -4.78. The van der Waals surface area contributed by atoms with Gasteiger partial charge in [-0.3, -0.25) is 4.79 Å². The highest BCUT2D eigenvalue weighted by Crippen LogP contribution is 2.27. The maximum Gasteiger partial charge on any atom is 0.573 e. The lowest BCUT2D eigenvalue weighted by atomic mass is 9.96. The molecule has 3 heterocycles. The number of halogens is 3. The smallest absolute Gasteiger partial charge is 0.406 e. The molecule has 1 saturated heterocycles. The third kappa shape index (κ3) is 4.52. The average molecular weight is 407 g/mol. The third-order valence-corrected chi connectivity index (χ3v) is 4.58. The predicted molar refractivity (Wildman–Crippen MR) is 95.3 cm³/mol. The highest BCUT2D eigenvalue weighted by molar-refractivity contribution is 5.92. The van der Waals surface area contributed by atoms with Gasteiger partial charge in [-0.1, -0.05) is 6.07 Å². The van der Waals surface area contributed by atoms with Crippen molar-refractivity contribution in [1.29, 1.82) is 0 Å². The van der Waals surface area contributed by atoms with Crippen LogP contribution in [-0.4, -0.2) is 50.6 Å². The van der Waals surface area contributed by atoms with Crippen molar-refractivity contribution in [1.82, 2.24) is 25.3 Å². The van der Waals surface area contributed by atoms with E-state index in [0.29, 0.717) is 37.4 Å². The monoisotopic (exact) mass is 407 g/mol. The van der Waals surface area contributed by atoms with Crippen LogP contribution in [0, 0.1) is 5.92 Å². The fraction of sp³-hybridized carbons (Fsp3) is 0.353. The molecule has 9 nitrogen and oxygen atoms in total. The molecule has 1 aromatic carbocycles. The van der Waals surface area contributed by atoms with Crippen molar-refractivity contribution in [2.45, 2.75) is 19.2 Å². The molecule has 1 aliphatic rings. The van der Waals surface area contributed by atoms with E-state index in [2.05, 4.69) is 30.7 Å². The number of benzene rings is 1. The molecule has 12 heteroatoms. The standard InChI is InChI=1S/C17H16F3N7O2/c18-17(19,20)29-13-3-1-2-12(10-13)21-16(28)11-6-8-26(9-7-11)15-5-4-14-22-24-25-27(14)23-15/h1-5,10-11H,6-9H2,(H,21,28). The Hall–Kier alpha value is -3.44. The number of carbonyl (C=O) groups excluding carboxylic acids is 1. The molecule has 1 N–H and O–H groups in total. The van der Waals surface area contributed by atoms with E-state index in [0.717, 1.165) is 6.07 Å². The minimum Gasteiger partial charge on any atom is -0.406 e. The molecule has 1 amide bonds. The van der Waals surface area contributed by atoms with Gasteiger partial charge in [0.25, 0.3) is 0 Å². The van der Waals surface area contributed by atoms with Gasteiger partial charge >= 0.3 is 6.36 Å². The second-order valence-corrected chi connectivity index (χ2v) is 6.54. The molecule has 0 bridgehead atoms. The minimum absolute atomic E-state index is 0.238. The summed E-state index contributed by atoms with van der Waals surface area (Å²) in [4.78, 5) is 14.5. The molecule has 1 fully saturated rings. The molecule has 3 aromatic rings. The van der Waals surface area contributed by atoms with Crippen LogP contribution in [0.5, 0.6) is 5.75 Å². The first kappa shape index (κ1) is 18.9. The Morgan fingerprint density at radius 1 is 1.17 bits per heavy atom. The number of nitrogens with one attached hydrogen (secondary N) is 1. The topological polar surface area (TPSA) is 97.5 Å². The lowest BCUT2D eigenvalue weighted by Crippen LogP contribution is -2.38. The quantitative estimate of drug-likeness (QED) is 0.709. The summed E-state index contributed by atoms with van der Waals surface area (Å²) in [7, 11) is 0. The normalized spacial score (nSPS) is 15.5. The van der Waals surface area contributed by atoms with Gasteiger partial charge in [-0.05, 0) is 47.5 Å². The number of anilines is 2. The fourth-order valence-electron chi connectivity index (χ4n) is 3.19. The molecule has 0 unspecified atom stereocenters. The van der Waals surface area contributed by atoms with Crippen molar-refractivity contribution in [2.24, 2.45) is 5.92 Å². The second-order valence-electron chi connectivity index (χ2n) is 6.54. The second kappa shape index (κ2) is 7.53. The molecule has 1 aliphatic heterocycles. The van der Waals surface area contributed by atoms with Crippen molar-refractivity contribution >= 4 is 23.1 Å². The number of hydrogen-bond acceptors (Lipinski definition) is 7. The van der Waals surface area contributed by atoms with Crippen molar-refractivity contribution in [3.63, 3.8) is 0 Å². The summed E-state index contributed by atoms with van der Waals surface area (Å²) in [6.45, 7) is 1.21. The van der Waals surface area contributed by atoms with Crippen LogP contribution in [-0.2, 0) is 4.79 Å². The van der Waals surface area contributed by atoms with E-state index < -0.39 is 6.36 Å². The zero-order valence-corrected chi connectivity index (χ0v) is 15.0. The summed E-state index contributed by atoms with van der Waals surface area (Å²) in [6.07, 6.45) is -3.62. The highest BCUT2D eigenvalue weighted by Gasteiger charge is 2.31. The summed E-state index contributed by atoms with van der Waals surface area (Å²) >= 11 is 0. The van der Waals surface area contributed by atoms with Crippen LogP contribution in [0.25, 0.3) is 5.65 Å². The Labute approximate surface area is 162 Å². The van der Waals surface area contributed by atoms with Crippen molar-refractivity contribution in [2.75, 3.05) is 23.3 Å². The van der Waals surface area contributed by atoms with E-state index in [-0.39, 0.29) is 23.3 Å². The van der Waals surface area contributed by atoms with E-state index >= 15 is 0 Å². The number of carbonyl (C=O) groups is 1. The number of tetrazole rings is 1. The van der Waals surface area contributed by atoms with Crippen LogP contribution in [0.3, 0.4) is 0 Å². The van der Waals surface area contributed by atoms with Crippen LogP contribution >= 0.6 is 0 Å². The lowest BCUT2D eigenvalue weighted by Gasteiger charge is -2.31. The molecule has 152 valence electrons. The van der Waals surface area contributed by atoms with Crippen molar-refractivity contribution in [3.05, 3.63) is 36.4 Å². The van der Waals surface area contributed by atoms with Gasteiger partial charge in [-0.2, -0.15) is 0 Å². The average Bonchev–Trinajstić information content (AvgIpc) is 3.15. The number of ether oxygens (including phenoxy) is 1. The number of piperidine rings is 1. The van der Waals surface area contributed by atoms with Gasteiger partial charge in [0.05, 0.1) is 0 Å². The van der Waals surface area contributed by atoms with Crippen molar-refractivity contribution in [3.8, 4) is 5.75 Å². The Morgan fingerprint density at radius 2 is 1.97 bits per heavy atom.